The van der Waals surface area contributed by atoms with Crippen LogP contribution in [0.2, 0.25) is 0 Å². The summed E-state index contributed by atoms with van der Waals surface area (Å²) in [5.41, 5.74) is 2.86. The molecule has 0 amide bonds. The zero-order valence-electron chi connectivity index (χ0n) is 14.2. The number of ether oxygens (including phenoxy) is 2. The van der Waals surface area contributed by atoms with Crippen molar-refractivity contribution in [2.45, 2.75) is 19.5 Å². The number of nitro groups is 1. The standard InChI is InChI=1S/C18H20N2O5/c1-24-17-8-13-5-6-19(11-14(13)9-18(17)25-2)10-12-3-4-16(21)15(7-12)20(22)23/h3-4,7-9,21H,5-6,10-11H2,1-2H3. The molecule has 2 aromatic carbocycles. The Balaban J connectivity index is 1.79. The normalized spacial score (nSPS) is 16.2. The fraction of sp³-hybridized carbons (Fsp3) is 0.333. The van der Waals surface area contributed by atoms with E-state index in [1.165, 1.54) is 28.2 Å². The molecule has 132 valence electrons. The fourth-order valence-corrected chi connectivity index (χ4v) is 3.28. The summed E-state index contributed by atoms with van der Waals surface area (Å²) in [4.78, 5) is 11.6. The minimum Gasteiger partial charge on any atom is -0.868 e. The van der Waals surface area contributed by atoms with E-state index in [0.29, 0.717) is 12.3 Å². The average Bonchev–Trinajstić information content (AvgIpc) is 2.61. The van der Waals surface area contributed by atoms with E-state index in [-0.39, 0.29) is 5.69 Å². The minimum absolute atomic E-state index is 0.360. The van der Waals surface area contributed by atoms with Crippen LogP contribution in [0.25, 0.3) is 0 Å². The monoisotopic (exact) mass is 344 g/mol. The van der Waals surface area contributed by atoms with Gasteiger partial charge in [0.15, 0.2) is 11.5 Å². The lowest BCUT2D eigenvalue weighted by Gasteiger charge is -2.27. The van der Waals surface area contributed by atoms with Gasteiger partial charge in [-0.3, -0.25) is 10.1 Å². The van der Waals surface area contributed by atoms with Crippen LogP contribution in [-0.2, 0) is 19.5 Å². The van der Waals surface area contributed by atoms with Crippen LogP contribution in [-0.4, -0.2) is 25.7 Å². The maximum atomic E-state index is 11.5. The SMILES string of the molecule is COc1cc2c(cc1OC)C[NH+](Cc1ccc([O-])c([N+](=O)[O-])c1)CC2. The summed E-state index contributed by atoms with van der Waals surface area (Å²) in [6, 6.07) is 8.35. The summed E-state index contributed by atoms with van der Waals surface area (Å²) in [6.45, 7) is 2.34. The third kappa shape index (κ3) is 3.51. The Hall–Kier alpha value is -2.80. The lowest BCUT2D eigenvalue weighted by Crippen LogP contribution is -3.10. The quantitative estimate of drug-likeness (QED) is 0.641. The summed E-state index contributed by atoms with van der Waals surface area (Å²) in [6.07, 6.45) is 0.896. The fourth-order valence-electron chi connectivity index (χ4n) is 3.28. The highest BCUT2D eigenvalue weighted by atomic mass is 16.6. The molecule has 3 rings (SSSR count). The molecule has 1 aliphatic heterocycles. The Kier molecular flexibility index (Phi) is 4.76. The molecule has 0 fully saturated rings. The molecule has 1 atom stereocenters. The predicted molar refractivity (Wildman–Crippen MR) is 89.0 cm³/mol. The van der Waals surface area contributed by atoms with E-state index < -0.39 is 10.7 Å². The Bertz CT molecular complexity index is 806. The number of methoxy groups -OCH3 is 2. The van der Waals surface area contributed by atoms with Crippen molar-refractivity contribution in [3.63, 3.8) is 0 Å². The molecule has 2 aromatic rings. The second-order valence-corrected chi connectivity index (χ2v) is 6.14. The van der Waals surface area contributed by atoms with Gasteiger partial charge < -0.3 is 19.5 Å². The zero-order valence-corrected chi connectivity index (χ0v) is 14.2. The number of nitrogens with one attached hydrogen (secondary N) is 1. The summed E-state index contributed by atoms with van der Waals surface area (Å²) in [7, 11) is 3.23. The second-order valence-electron chi connectivity index (χ2n) is 6.14. The largest absolute Gasteiger partial charge is 0.868 e. The molecule has 0 bridgehead atoms. The Labute approximate surface area is 145 Å². The smallest absolute Gasteiger partial charge is 0.262 e. The first-order valence-electron chi connectivity index (χ1n) is 8.03. The molecular weight excluding hydrogens is 324 g/mol. The van der Waals surface area contributed by atoms with Gasteiger partial charge in [0.25, 0.3) is 5.69 Å². The van der Waals surface area contributed by atoms with Crippen LogP contribution in [0.15, 0.2) is 30.3 Å². The highest BCUT2D eigenvalue weighted by molar-refractivity contribution is 5.48. The number of nitrogens with zero attached hydrogens (tertiary/aromatic N) is 1. The molecule has 0 saturated carbocycles. The van der Waals surface area contributed by atoms with Crippen LogP contribution in [0, 0.1) is 10.1 Å². The Morgan fingerprint density at radius 1 is 1.12 bits per heavy atom. The Morgan fingerprint density at radius 3 is 2.44 bits per heavy atom. The van der Waals surface area contributed by atoms with Gasteiger partial charge in [-0.15, -0.1) is 0 Å². The third-order valence-corrected chi connectivity index (χ3v) is 4.57. The molecule has 1 N–H and O–H groups in total. The van der Waals surface area contributed by atoms with Crippen LogP contribution >= 0.6 is 0 Å². The molecule has 1 heterocycles. The molecular formula is C18H20N2O5. The number of hydrogen-bond donors (Lipinski definition) is 1. The zero-order chi connectivity index (χ0) is 18.0. The van der Waals surface area contributed by atoms with Crippen molar-refractivity contribution >= 4 is 5.69 Å². The minimum atomic E-state index is -0.621. The molecule has 7 heteroatoms. The van der Waals surface area contributed by atoms with E-state index in [0.717, 1.165) is 30.8 Å². The molecule has 1 unspecified atom stereocenters. The third-order valence-electron chi connectivity index (χ3n) is 4.57. The number of quaternary nitrogens is 1. The van der Waals surface area contributed by atoms with Crippen molar-refractivity contribution in [1.82, 2.24) is 0 Å². The molecule has 0 saturated heterocycles. The van der Waals surface area contributed by atoms with Crippen molar-refractivity contribution in [2.24, 2.45) is 0 Å². The topological polar surface area (TPSA) is 89.1 Å². The number of nitro benzene ring substituents is 1. The van der Waals surface area contributed by atoms with E-state index in [4.69, 9.17) is 9.47 Å². The lowest BCUT2D eigenvalue weighted by atomic mass is 9.98. The van der Waals surface area contributed by atoms with Crippen LogP contribution in [0.4, 0.5) is 5.69 Å². The summed E-state index contributed by atoms with van der Waals surface area (Å²) in [5, 5.41) is 22.5. The lowest BCUT2D eigenvalue weighted by molar-refractivity contribution is -0.929. The van der Waals surface area contributed by atoms with E-state index in [2.05, 4.69) is 0 Å². The van der Waals surface area contributed by atoms with Gasteiger partial charge in [-0.25, -0.2) is 0 Å². The van der Waals surface area contributed by atoms with Gasteiger partial charge in [-0.2, -0.15) is 0 Å². The predicted octanol–water partition coefficient (Wildman–Crippen LogP) is 0.827. The first-order valence-corrected chi connectivity index (χ1v) is 8.03. The average molecular weight is 344 g/mol. The van der Waals surface area contributed by atoms with E-state index >= 15 is 0 Å². The van der Waals surface area contributed by atoms with Crippen LogP contribution < -0.4 is 19.5 Å². The molecule has 0 aromatic heterocycles. The first-order chi connectivity index (χ1) is 12.0. The number of fused-ring (bicyclic) bond motifs is 1. The van der Waals surface area contributed by atoms with Gasteiger partial charge in [-0.1, -0.05) is 12.1 Å². The van der Waals surface area contributed by atoms with E-state index in [9.17, 15) is 15.2 Å². The second kappa shape index (κ2) is 6.98. The van der Waals surface area contributed by atoms with E-state index in [1.54, 1.807) is 20.3 Å². The summed E-state index contributed by atoms with van der Waals surface area (Å²) < 4.78 is 10.7. The maximum absolute atomic E-state index is 11.5. The number of benzene rings is 2. The van der Waals surface area contributed by atoms with Crippen LogP contribution in [0.5, 0.6) is 17.2 Å². The van der Waals surface area contributed by atoms with Gasteiger partial charge >= 0.3 is 0 Å². The van der Waals surface area contributed by atoms with Crippen LogP contribution in [0.1, 0.15) is 16.7 Å². The van der Waals surface area contributed by atoms with Gasteiger partial charge in [0.05, 0.1) is 25.7 Å². The molecule has 0 spiro atoms. The van der Waals surface area contributed by atoms with E-state index in [1.807, 2.05) is 12.1 Å². The van der Waals surface area contributed by atoms with Crippen LogP contribution in [0.3, 0.4) is 0 Å². The van der Waals surface area contributed by atoms with Gasteiger partial charge in [-0.05, 0) is 23.4 Å². The summed E-state index contributed by atoms with van der Waals surface area (Å²) in [5.74, 6) is 0.879. The molecule has 0 radical (unpaired) electrons. The van der Waals surface area contributed by atoms with Crippen molar-refractivity contribution in [1.29, 1.82) is 0 Å². The number of hydrogen-bond acceptors (Lipinski definition) is 5. The molecule has 1 aliphatic rings. The first kappa shape index (κ1) is 17.0. The molecule has 7 nitrogen and oxygen atoms in total. The number of rotatable bonds is 5. The van der Waals surface area contributed by atoms with Gasteiger partial charge in [0.1, 0.15) is 13.1 Å². The van der Waals surface area contributed by atoms with Gasteiger partial charge in [0, 0.05) is 23.6 Å². The van der Waals surface area contributed by atoms with Crippen molar-refractivity contribution in [3.8, 4) is 17.2 Å². The Morgan fingerprint density at radius 2 is 1.80 bits per heavy atom. The molecule has 25 heavy (non-hydrogen) atoms. The van der Waals surface area contributed by atoms with Crippen molar-refractivity contribution in [3.05, 3.63) is 57.1 Å². The maximum Gasteiger partial charge on any atom is 0.262 e. The van der Waals surface area contributed by atoms with Gasteiger partial charge in [0.2, 0.25) is 0 Å². The van der Waals surface area contributed by atoms with Crippen molar-refractivity contribution in [2.75, 3.05) is 20.8 Å². The highest BCUT2D eigenvalue weighted by Gasteiger charge is 2.23. The van der Waals surface area contributed by atoms with Crippen molar-refractivity contribution < 1.29 is 24.4 Å². The summed E-state index contributed by atoms with van der Waals surface area (Å²) >= 11 is 0. The highest BCUT2D eigenvalue weighted by Crippen LogP contribution is 2.31. The molecule has 0 aliphatic carbocycles.